The molecule has 0 saturated heterocycles. The van der Waals surface area contributed by atoms with Crippen LogP contribution in [0.3, 0.4) is 0 Å². The number of esters is 1. The van der Waals surface area contributed by atoms with E-state index >= 15 is 0 Å². The van der Waals surface area contributed by atoms with Gasteiger partial charge in [-0.1, -0.05) is 29.3 Å². The smallest absolute Gasteiger partial charge is 0.309 e. The zero-order valence-electron chi connectivity index (χ0n) is 9.37. The summed E-state index contributed by atoms with van der Waals surface area (Å²) in [7, 11) is 1.38. The molecule has 0 bridgehead atoms. The molecule has 92 valence electrons. The largest absolute Gasteiger partial charge is 0.469 e. The molecule has 0 spiro atoms. The highest BCUT2D eigenvalue weighted by Gasteiger charge is 2.31. The van der Waals surface area contributed by atoms with Crippen LogP contribution in [0.2, 0.25) is 10.0 Å². The Hall–Kier alpha value is -0.770. The van der Waals surface area contributed by atoms with Crippen molar-refractivity contribution in [3.05, 3.63) is 33.3 Å². The number of rotatable bonds is 1. The minimum atomic E-state index is -0.248. The Morgan fingerprint density at radius 1 is 1.47 bits per heavy atom. The summed E-state index contributed by atoms with van der Waals surface area (Å²) in [5.74, 6) is -0.486. The summed E-state index contributed by atoms with van der Waals surface area (Å²) < 4.78 is 4.75. The molecular formula is C12H13Cl2NO2. The maximum Gasteiger partial charge on any atom is 0.309 e. The van der Waals surface area contributed by atoms with Gasteiger partial charge in [-0.2, -0.15) is 0 Å². The van der Waals surface area contributed by atoms with Crippen molar-refractivity contribution in [2.75, 3.05) is 7.11 Å². The van der Waals surface area contributed by atoms with Gasteiger partial charge in [0.1, 0.15) is 0 Å². The fourth-order valence-corrected chi connectivity index (χ4v) is 2.70. The molecule has 17 heavy (non-hydrogen) atoms. The second-order valence-corrected chi connectivity index (χ2v) is 4.98. The minimum absolute atomic E-state index is 0.197. The van der Waals surface area contributed by atoms with Gasteiger partial charge in [0, 0.05) is 6.04 Å². The summed E-state index contributed by atoms with van der Waals surface area (Å²) in [5, 5.41) is 0.983. The number of ether oxygens (including phenoxy) is 1. The first-order valence-electron chi connectivity index (χ1n) is 5.34. The summed E-state index contributed by atoms with van der Waals surface area (Å²) in [6.07, 6.45) is 1.12. The van der Waals surface area contributed by atoms with Crippen molar-refractivity contribution >= 4 is 29.2 Å². The highest BCUT2D eigenvalue weighted by molar-refractivity contribution is 6.42. The van der Waals surface area contributed by atoms with Gasteiger partial charge < -0.3 is 10.5 Å². The normalized spacial score (nSPS) is 23.1. The van der Waals surface area contributed by atoms with Crippen molar-refractivity contribution in [2.45, 2.75) is 18.9 Å². The lowest BCUT2D eigenvalue weighted by atomic mass is 9.81. The van der Waals surface area contributed by atoms with Crippen LogP contribution in [-0.4, -0.2) is 13.1 Å². The van der Waals surface area contributed by atoms with Crippen LogP contribution in [0.25, 0.3) is 0 Å². The monoisotopic (exact) mass is 273 g/mol. The number of carbonyl (C=O) groups excluding carboxylic acids is 1. The Labute approximate surface area is 110 Å². The van der Waals surface area contributed by atoms with Gasteiger partial charge >= 0.3 is 5.97 Å². The second kappa shape index (κ2) is 4.84. The predicted octanol–water partition coefficient (Wildman–Crippen LogP) is 2.73. The molecule has 3 nitrogen and oxygen atoms in total. The van der Waals surface area contributed by atoms with Crippen molar-refractivity contribution in [3.8, 4) is 0 Å². The van der Waals surface area contributed by atoms with E-state index in [0.717, 1.165) is 11.1 Å². The van der Waals surface area contributed by atoms with E-state index in [-0.39, 0.29) is 17.9 Å². The van der Waals surface area contributed by atoms with Crippen LogP contribution in [0.15, 0.2) is 12.1 Å². The Bertz CT molecular complexity index is 462. The fourth-order valence-electron chi connectivity index (χ4n) is 2.27. The average molecular weight is 274 g/mol. The molecule has 0 heterocycles. The molecule has 0 fully saturated rings. The van der Waals surface area contributed by atoms with Gasteiger partial charge in [-0.15, -0.1) is 0 Å². The third-order valence-corrected chi connectivity index (χ3v) is 4.00. The molecular weight excluding hydrogens is 261 g/mol. The maximum atomic E-state index is 11.6. The fraction of sp³-hybridized carbons (Fsp3) is 0.417. The molecule has 0 aliphatic heterocycles. The zero-order chi connectivity index (χ0) is 12.6. The molecule has 0 amide bonds. The molecule has 0 unspecified atom stereocenters. The highest BCUT2D eigenvalue weighted by Crippen LogP contribution is 2.39. The Morgan fingerprint density at radius 3 is 2.82 bits per heavy atom. The summed E-state index contributed by atoms with van der Waals surface area (Å²) in [6, 6.07) is 3.42. The minimum Gasteiger partial charge on any atom is -0.469 e. The molecule has 0 aromatic heterocycles. The quantitative estimate of drug-likeness (QED) is 0.801. The topological polar surface area (TPSA) is 52.3 Å². The van der Waals surface area contributed by atoms with E-state index in [1.807, 2.05) is 6.07 Å². The molecule has 2 atom stereocenters. The van der Waals surface area contributed by atoms with Crippen molar-refractivity contribution in [1.82, 2.24) is 0 Å². The number of benzene rings is 1. The first-order chi connectivity index (χ1) is 8.04. The number of hydrogen-bond donors (Lipinski definition) is 1. The first-order valence-corrected chi connectivity index (χ1v) is 6.10. The molecule has 2 rings (SSSR count). The molecule has 5 heteroatoms. The molecule has 0 saturated carbocycles. The van der Waals surface area contributed by atoms with Crippen molar-refractivity contribution < 1.29 is 9.53 Å². The summed E-state index contributed by atoms with van der Waals surface area (Å²) in [5.41, 5.74) is 7.88. The number of hydrogen-bond acceptors (Lipinski definition) is 3. The Morgan fingerprint density at radius 2 is 2.18 bits per heavy atom. The third-order valence-electron chi connectivity index (χ3n) is 3.16. The maximum absolute atomic E-state index is 11.6. The molecule has 1 aromatic rings. The SMILES string of the molecule is COC(=O)[C@@H]1Cc2c(ccc(Cl)c2Cl)[C@H](N)C1. The van der Waals surface area contributed by atoms with E-state index in [0.29, 0.717) is 22.9 Å². The molecule has 2 N–H and O–H groups in total. The van der Waals surface area contributed by atoms with Crippen molar-refractivity contribution in [2.24, 2.45) is 11.7 Å². The van der Waals surface area contributed by atoms with Gasteiger partial charge in [-0.3, -0.25) is 4.79 Å². The number of fused-ring (bicyclic) bond motifs is 1. The lowest BCUT2D eigenvalue weighted by Gasteiger charge is -2.28. The highest BCUT2D eigenvalue weighted by atomic mass is 35.5. The van der Waals surface area contributed by atoms with Gasteiger partial charge in [0.2, 0.25) is 0 Å². The van der Waals surface area contributed by atoms with Crippen LogP contribution in [-0.2, 0) is 16.0 Å². The molecule has 1 aromatic carbocycles. The van der Waals surface area contributed by atoms with Crippen LogP contribution < -0.4 is 5.73 Å². The number of nitrogens with two attached hydrogens (primary N) is 1. The van der Waals surface area contributed by atoms with Crippen LogP contribution in [0.4, 0.5) is 0 Å². The zero-order valence-corrected chi connectivity index (χ0v) is 10.9. The summed E-state index contributed by atoms with van der Waals surface area (Å²) in [6.45, 7) is 0. The molecule has 0 radical (unpaired) electrons. The lowest BCUT2D eigenvalue weighted by molar-refractivity contribution is -0.146. The van der Waals surface area contributed by atoms with Crippen molar-refractivity contribution in [1.29, 1.82) is 0 Å². The van der Waals surface area contributed by atoms with Gasteiger partial charge in [0.15, 0.2) is 0 Å². The number of methoxy groups -OCH3 is 1. The van der Waals surface area contributed by atoms with E-state index in [2.05, 4.69) is 0 Å². The standard InChI is InChI=1S/C12H13Cl2NO2/c1-17-12(16)6-4-8-7(10(15)5-6)2-3-9(13)11(8)14/h2-3,6,10H,4-5,15H2,1H3/t6-,10-/m1/s1. The van der Waals surface area contributed by atoms with Gasteiger partial charge in [-0.05, 0) is 30.0 Å². The molecule has 1 aliphatic rings. The lowest BCUT2D eigenvalue weighted by Crippen LogP contribution is -2.30. The molecule has 1 aliphatic carbocycles. The van der Waals surface area contributed by atoms with E-state index < -0.39 is 0 Å². The second-order valence-electron chi connectivity index (χ2n) is 4.20. The predicted molar refractivity (Wildman–Crippen MR) is 67.2 cm³/mol. The van der Waals surface area contributed by atoms with Gasteiger partial charge in [0.25, 0.3) is 0 Å². The number of halogens is 2. The van der Waals surface area contributed by atoms with Crippen LogP contribution in [0.1, 0.15) is 23.6 Å². The van der Waals surface area contributed by atoms with E-state index in [9.17, 15) is 4.79 Å². The first kappa shape index (κ1) is 12.7. The van der Waals surface area contributed by atoms with Crippen LogP contribution in [0.5, 0.6) is 0 Å². The van der Waals surface area contributed by atoms with E-state index in [1.165, 1.54) is 7.11 Å². The van der Waals surface area contributed by atoms with Gasteiger partial charge in [-0.25, -0.2) is 0 Å². The number of carbonyl (C=O) groups is 1. The average Bonchev–Trinajstić information content (AvgIpc) is 2.33. The summed E-state index contributed by atoms with van der Waals surface area (Å²) >= 11 is 12.1. The Kier molecular flexibility index (Phi) is 3.61. The van der Waals surface area contributed by atoms with Crippen LogP contribution in [0, 0.1) is 5.92 Å². The van der Waals surface area contributed by atoms with Crippen molar-refractivity contribution in [3.63, 3.8) is 0 Å². The van der Waals surface area contributed by atoms with E-state index in [4.69, 9.17) is 33.7 Å². The Balaban J connectivity index is 2.40. The van der Waals surface area contributed by atoms with E-state index in [1.54, 1.807) is 6.07 Å². The third kappa shape index (κ3) is 2.28. The summed E-state index contributed by atoms with van der Waals surface area (Å²) in [4.78, 5) is 11.6. The van der Waals surface area contributed by atoms with Gasteiger partial charge in [0.05, 0.1) is 23.1 Å². The van der Waals surface area contributed by atoms with Crippen LogP contribution >= 0.6 is 23.2 Å².